The van der Waals surface area contributed by atoms with Crippen molar-refractivity contribution < 1.29 is 4.39 Å². The number of benzene rings is 2. The van der Waals surface area contributed by atoms with E-state index in [1.165, 1.54) is 12.3 Å². The Balaban J connectivity index is 2.13. The maximum Gasteiger partial charge on any atom is 0.142 e. The molecule has 0 bridgehead atoms. The van der Waals surface area contributed by atoms with Crippen LogP contribution in [0.3, 0.4) is 0 Å². The third-order valence-corrected chi connectivity index (χ3v) is 3.43. The molecule has 0 aliphatic rings. The summed E-state index contributed by atoms with van der Waals surface area (Å²) in [6.07, 6.45) is 2.87. The molecule has 1 aromatic heterocycles. The van der Waals surface area contributed by atoms with Crippen molar-refractivity contribution in [2.45, 2.75) is 13.0 Å². The highest BCUT2D eigenvalue weighted by Crippen LogP contribution is 2.26. The summed E-state index contributed by atoms with van der Waals surface area (Å²) in [5.41, 5.74) is 8.73. The zero-order chi connectivity index (χ0) is 14.1. The molecular weight excluding hydrogens is 251 g/mol. The minimum atomic E-state index is -0.327. The Morgan fingerprint density at radius 2 is 1.75 bits per heavy atom. The van der Waals surface area contributed by atoms with Crippen LogP contribution >= 0.6 is 0 Å². The van der Waals surface area contributed by atoms with Crippen LogP contribution in [0.4, 0.5) is 4.39 Å². The largest absolute Gasteiger partial charge is 0.324 e. The molecule has 3 heteroatoms. The smallest absolute Gasteiger partial charge is 0.142 e. The fraction of sp³-hybridized carbons (Fsp3) is 0.118. The average Bonchev–Trinajstić information content (AvgIpc) is 2.46. The van der Waals surface area contributed by atoms with E-state index in [0.29, 0.717) is 0 Å². The molecule has 0 radical (unpaired) electrons. The summed E-state index contributed by atoms with van der Waals surface area (Å²) in [5, 5.41) is 2.24. The highest BCUT2D eigenvalue weighted by atomic mass is 19.1. The van der Waals surface area contributed by atoms with Crippen molar-refractivity contribution in [2.24, 2.45) is 5.73 Å². The summed E-state index contributed by atoms with van der Waals surface area (Å²) < 4.78 is 13.3. The molecule has 2 nitrogen and oxygen atoms in total. The molecule has 1 atom stereocenters. The van der Waals surface area contributed by atoms with Gasteiger partial charge in [0.15, 0.2) is 0 Å². The van der Waals surface area contributed by atoms with Crippen LogP contribution in [0, 0.1) is 5.82 Å². The van der Waals surface area contributed by atoms with Gasteiger partial charge in [-0.05, 0) is 47.0 Å². The van der Waals surface area contributed by atoms with E-state index in [0.717, 1.165) is 27.5 Å². The third kappa shape index (κ3) is 2.40. The van der Waals surface area contributed by atoms with Crippen LogP contribution in [0.25, 0.3) is 21.9 Å². The fourth-order valence-corrected chi connectivity index (χ4v) is 2.30. The summed E-state index contributed by atoms with van der Waals surface area (Å²) >= 11 is 0. The molecule has 0 aliphatic carbocycles. The Labute approximate surface area is 117 Å². The van der Waals surface area contributed by atoms with Crippen LogP contribution < -0.4 is 5.73 Å². The highest BCUT2D eigenvalue weighted by molar-refractivity contribution is 5.87. The molecule has 20 heavy (non-hydrogen) atoms. The average molecular weight is 266 g/mol. The normalized spacial score (nSPS) is 12.6. The van der Waals surface area contributed by atoms with Gasteiger partial charge in [0.25, 0.3) is 0 Å². The predicted molar refractivity (Wildman–Crippen MR) is 79.7 cm³/mol. The number of fused-ring (bicyclic) bond motifs is 1. The number of rotatable bonds is 2. The molecule has 0 amide bonds. The van der Waals surface area contributed by atoms with Crippen molar-refractivity contribution in [3.05, 3.63) is 66.2 Å². The first-order valence-electron chi connectivity index (χ1n) is 6.54. The molecule has 3 rings (SSSR count). The molecule has 1 heterocycles. The van der Waals surface area contributed by atoms with E-state index in [1.807, 2.05) is 31.2 Å². The van der Waals surface area contributed by atoms with E-state index in [2.05, 4.69) is 17.1 Å². The van der Waals surface area contributed by atoms with Gasteiger partial charge in [-0.15, -0.1) is 0 Å². The van der Waals surface area contributed by atoms with Gasteiger partial charge in [-0.2, -0.15) is 0 Å². The molecule has 0 spiro atoms. The second-order valence-corrected chi connectivity index (χ2v) is 5.00. The zero-order valence-corrected chi connectivity index (χ0v) is 11.2. The summed E-state index contributed by atoms with van der Waals surface area (Å²) in [4.78, 5) is 3.89. The van der Waals surface area contributed by atoms with Crippen molar-refractivity contribution >= 4 is 10.8 Å². The van der Waals surface area contributed by atoms with Crippen LogP contribution in [0.2, 0.25) is 0 Å². The number of nitrogens with zero attached hydrogens (tertiary/aromatic N) is 1. The summed E-state index contributed by atoms with van der Waals surface area (Å²) in [7, 11) is 0. The Hall–Kier alpha value is -2.26. The van der Waals surface area contributed by atoms with Gasteiger partial charge in [0.1, 0.15) is 5.82 Å². The maximum atomic E-state index is 13.3. The van der Waals surface area contributed by atoms with E-state index in [9.17, 15) is 4.39 Å². The van der Waals surface area contributed by atoms with E-state index in [1.54, 1.807) is 6.20 Å². The lowest BCUT2D eigenvalue weighted by atomic mass is 9.99. The van der Waals surface area contributed by atoms with Crippen LogP contribution in [-0.4, -0.2) is 4.98 Å². The van der Waals surface area contributed by atoms with Gasteiger partial charge in [-0.25, -0.2) is 4.39 Å². The van der Waals surface area contributed by atoms with Gasteiger partial charge < -0.3 is 5.73 Å². The molecule has 100 valence electrons. The van der Waals surface area contributed by atoms with Crippen molar-refractivity contribution in [3.8, 4) is 11.1 Å². The Bertz CT molecular complexity index is 766. The van der Waals surface area contributed by atoms with Gasteiger partial charge in [-0.1, -0.05) is 24.3 Å². The lowest BCUT2D eigenvalue weighted by molar-refractivity contribution is 0.622. The standard InChI is InChI=1S/C17H15FN2/c1-11(19)13-4-2-12-3-5-14(7-15(12)6-13)16-8-17(18)10-20-9-16/h2-11H,19H2,1H3. The quantitative estimate of drug-likeness (QED) is 0.759. The first kappa shape index (κ1) is 12.8. The minimum Gasteiger partial charge on any atom is -0.324 e. The van der Waals surface area contributed by atoms with Crippen LogP contribution in [0.5, 0.6) is 0 Å². The molecule has 2 aromatic carbocycles. The fourth-order valence-electron chi connectivity index (χ4n) is 2.30. The molecule has 2 N–H and O–H groups in total. The first-order valence-corrected chi connectivity index (χ1v) is 6.54. The van der Waals surface area contributed by atoms with Crippen molar-refractivity contribution in [3.63, 3.8) is 0 Å². The van der Waals surface area contributed by atoms with Crippen molar-refractivity contribution in [1.82, 2.24) is 4.98 Å². The molecule has 0 saturated heterocycles. The van der Waals surface area contributed by atoms with Crippen molar-refractivity contribution in [1.29, 1.82) is 0 Å². The lowest BCUT2D eigenvalue weighted by Crippen LogP contribution is -2.04. The topological polar surface area (TPSA) is 38.9 Å². The van der Waals surface area contributed by atoms with Crippen LogP contribution in [0.15, 0.2) is 54.9 Å². The van der Waals surface area contributed by atoms with Gasteiger partial charge in [0.05, 0.1) is 6.20 Å². The van der Waals surface area contributed by atoms with E-state index >= 15 is 0 Å². The number of hydrogen-bond acceptors (Lipinski definition) is 2. The maximum absolute atomic E-state index is 13.3. The number of aromatic nitrogens is 1. The SMILES string of the molecule is CC(N)c1ccc2ccc(-c3cncc(F)c3)cc2c1. The lowest BCUT2D eigenvalue weighted by Gasteiger charge is -2.08. The van der Waals surface area contributed by atoms with Crippen LogP contribution in [0.1, 0.15) is 18.5 Å². The van der Waals surface area contributed by atoms with Gasteiger partial charge >= 0.3 is 0 Å². The van der Waals surface area contributed by atoms with E-state index in [4.69, 9.17) is 5.73 Å². The third-order valence-electron chi connectivity index (χ3n) is 3.43. The summed E-state index contributed by atoms with van der Waals surface area (Å²) in [5.74, 6) is -0.327. The van der Waals surface area contributed by atoms with Crippen LogP contribution in [-0.2, 0) is 0 Å². The molecule has 1 unspecified atom stereocenters. The molecule has 0 fully saturated rings. The first-order chi connectivity index (χ1) is 9.63. The minimum absolute atomic E-state index is 0.00103. The molecule has 0 aliphatic heterocycles. The van der Waals surface area contributed by atoms with Gasteiger partial charge in [-0.3, -0.25) is 4.98 Å². The van der Waals surface area contributed by atoms with E-state index < -0.39 is 0 Å². The zero-order valence-electron chi connectivity index (χ0n) is 11.2. The van der Waals surface area contributed by atoms with Crippen molar-refractivity contribution in [2.75, 3.05) is 0 Å². The summed E-state index contributed by atoms with van der Waals surface area (Å²) in [6, 6.07) is 13.7. The second kappa shape index (κ2) is 5.02. The monoisotopic (exact) mass is 266 g/mol. The number of halogens is 1. The van der Waals surface area contributed by atoms with Gasteiger partial charge in [0, 0.05) is 17.8 Å². The number of pyridine rings is 1. The Morgan fingerprint density at radius 3 is 2.50 bits per heavy atom. The number of nitrogens with two attached hydrogens (primary N) is 1. The Kier molecular flexibility index (Phi) is 3.20. The number of hydrogen-bond donors (Lipinski definition) is 1. The predicted octanol–water partition coefficient (Wildman–Crippen LogP) is 4.06. The highest BCUT2D eigenvalue weighted by Gasteiger charge is 2.04. The molecular formula is C17H15FN2. The summed E-state index contributed by atoms with van der Waals surface area (Å²) in [6.45, 7) is 1.96. The Morgan fingerprint density at radius 1 is 0.950 bits per heavy atom. The van der Waals surface area contributed by atoms with Gasteiger partial charge in [0.2, 0.25) is 0 Å². The van der Waals surface area contributed by atoms with E-state index in [-0.39, 0.29) is 11.9 Å². The second-order valence-electron chi connectivity index (χ2n) is 5.00. The molecule has 0 saturated carbocycles. The molecule has 3 aromatic rings.